The molecule has 2 aromatic carbocycles. The molecule has 4 aromatic rings. The molecule has 0 spiro atoms. The highest BCUT2D eigenvalue weighted by molar-refractivity contribution is 5.64. The average molecular weight is 417 g/mol. The Morgan fingerprint density at radius 1 is 1.03 bits per heavy atom. The highest BCUT2D eigenvalue weighted by atomic mass is 16.5. The molecule has 0 radical (unpaired) electrons. The maximum absolute atomic E-state index is 5.82. The molecular formula is C24H28N6O. The lowest BCUT2D eigenvalue weighted by Gasteiger charge is -2.09. The monoisotopic (exact) mass is 416 g/mol. The van der Waals surface area contributed by atoms with Crippen LogP contribution in [0.15, 0.2) is 60.8 Å². The zero-order valence-electron chi connectivity index (χ0n) is 18.2. The first-order chi connectivity index (χ1) is 15.1. The molecule has 0 saturated heterocycles. The van der Waals surface area contributed by atoms with Gasteiger partial charge in [0.05, 0.1) is 24.5 Å². The van der Waals surface area contributed by atoms with Gasteiger partial charge >= 0.3 is 0 Å². The van der Waals surface area contributed by atoms with Crippen LogP contribution in [0.5, 0.6) is 5.75 Å². The molecule has 0 aliphatic heterocycles. The summed E-state index contributed by atoms with van der Waals surface area (Å²) >= 11 is 0. The first kappa shape index (κ1) is 20.8. The minimum atomic E-state index is 0.492. The van der Waals surface area contributed by atoms with Gasteiger partial charge in [0.1, 0.15) is 11.6 Å². The van der Waals surface area contributed by atoms with E-state index in [2.05, 4.69) is 52.7 Å². The summed E-state index contributed by atoms with van der Waals surface area (Å²) in [6.07, 6.45) is 2.07. The molecule has 2 N–H and O–H groups in total. The summed E-state index contributed by atoms with van der Waals surface area (Å²) in [4.78, 5) is 4.35. The fourth-order valence-electron chi connectivity index (χ4n) is 3.24. The Kier molecular flexibility index (Phi) is 6.43. The topological polar surface area (TPSA) is 80.7 Å². The molecule has 2 aromatic heterocycles. The van der Waals surface area contributed by atoms with Gasteiger partial charge in [-0.15, -0.1) is 0 Å². The lowest BCUT2D eigenvalue weighted by Crippen LogP contribution is -2.14. The largest absolute Gasteiger partial charge is 0.493 e. The molecule has 0 fully saturated rings. The number of benzene rings is 2. The second-order valence-electron chi connectivity index (χ2n) is 7.95. The molecule has 7 nitrogen and oxygen atoms in total. The summed E-state index contributed by atoms with van der Waals surface area (Å²) in [6, 6.07) is 18.3. The average Bonchev–Trinajstić information content (AvgIpc) is 3.40. The van der Waals surface area contributed by atoms with Crippen LogP contribution in [0.3, 0.4) is 0 Å². The van der Waals surface area contributed by atoms with Crippen molar-refractivity contribution in [2.75, 3.05) is 6.61 Å². The van der Waals surface area contributed by atoms with Gasteiger partial charge in [-0.25, -0.2) is 9.67 Å². The number of aromatic amines is 1. The molecule has 0 aliphatic rings. The van der Waals surface area contributed by atoms with E-state index in [1.165, 1.54) is 0 Å². The number of rotatable bonds is 9. The van der Waals surface area contributed by atoms with Crippen molar-refractivity contribution in [3.05, 3.63) is 78.0 Å². The third kappa shape index (κ3) is 5.38. The van der Waals surface area contributed by atoms with Crippen LogP contribution in [-0.2, 0) is 13.1 Å². The first-order valence-electron chi connectivity index (χ1n) is 10.5. The standard InChI is InChI=1S/C24H28N6O/c1-17(2)16-31-22-11-9-19(10-12-22)24-20(13-25-14-23-26-18(3)27-28-23)15-30(29-24)21-7-5-4-6-8-21/h4-12,15,17,25H,13-14,16H2,1-3H3,(H,26,27,28). The van der Waals surface area contributed by atoms with Gasteiger partial charge in [-0.2, -0.15) is 10.2 Å². The van der Waals surface area contributed by atoms with E-state index in [0.717, 1.165) is 39.9 Å². The van der Waals surface area contributed by atoms with E-state index in [-0.39, 0.29) is 0 Å². The van der Waals surface area contributed by atoms with Gasteiger partial charge in [-0.3, -0.25) is 5.10 Å². The number of nitrogens with one attached hydrogen (secondary N) is 2. The molecule has 160 valence electrons. The van der Waals surface area contributed by atoms with Crippen LogP contribution < -0.4 is 10.1 Å². The number of ether oxygens (including phenoxy) is 1. The molecular weight excluding hydrogens is 388 g/mol. The van der Waals surface area contributed by atoms with Gasteiger partial charge in [0, 0.05) is 23.9 Å². The third-order valence-corrected chi connectivity index (χ3v) is 4.76. The van der Waals surface area contributed by atoms with Gasteiger partial charge in [-0.1, -0.05) is 32.0 Å². The highest BCUT2D eigenvalue weighted by Crippen LogP contribution is 2.26. The minimum absolute atomic E-state index is 0.492. The van der Waals surface area contributed by atoms with Crippen LogP contribution in [0.1, 0.15) is 31.1 Å². The van der Waals surface area contributed by atoms with Gasteiger partial charge < -0.3 is 10.1 Å². The van der Waals surface area contributed by atoms with Gasteiger partial charge in [0.25, 0.3) is 0 Å². The molecule has 0 amide bonds. The van der Waals surface area contributed by atoms with E-state index >= 15 is 0 Å². The van der Waals surface area contributed by atoms with Crippen molar-refractivity contribution in [2.45, 2.75) is 33.9 Å². The van der Waals surface area contributed by atoms with Crippen molar-refractivity contribution < 1.29 is 4.74 Å². The van der Waals surface area contributed by atoms with Crippen LogP contribution in [0, 0.1) is 12.8 Å². The summed E-state index contributed by atoms with van der Waals surface area (Å²) in [5, 5.41) is 15.4. The zero-order chi connectivity index (χ0) is 21.6. The van der Waals surface area contributed by atoms with Gasteiger partial charge in [0.15, 0.2) is 5.82 Å². The summed E-state index contributed by atoms with van der Waals surface area (Å²) in [5.41, 5.74) is 4.12. The summed E-state index contributed by atoms with van der Waals surface area (Å²) < 4.78 is 7.75. The predicted molar refractivity (Wildman–Crippen MR) is 121 cm³/mol. The number of aryl methyl sites for hydroxylation is 1. The van der Waals surface area contributed by atoms with Crippen molar-refractivity contribution in [3.8, 4) is 22.7 Å². The van der Waals surface area contributed by atoms with Crippen LogP contribution >= 0.6 is 0 Å². The fourth-order valence-corrected chi connectivity index (χ4v) is 3.24. The molecule has 4 rings (SSSR count). The van der Waals surface area contributed by atoms with E-state index in [1.54, 1.807) is 0 Å². The number of para-hydroxylation sites is 1. The molecule has 0 aliphatic carbocycles. The SMILES string of the molecule is Cc1nc(CNCc2cn(-c3ccccc3)nc2-c2ccc(OCC(C)C)cc2)n[nH]1. The Labute approximate surface area is 182 Å². The van der Waals surface area contributed by atoms with E-state index in [1.807, 2.05) is 54.1 Å². The Morgan fingerprint density at radius 2 is 1.81 bits per heavy atom. The highest BCUT2D eigenvalue weighted by Gasteiger charge is 2.13. The molecule has 0 saturated carbocycles. The second kappa shape index (κ2) is 9.57. The first-order valence-corrected chi connectivity index (χ1v) is 10.5. The number of aromatic nitrogens is 5. The van der Waals surface area contributed by atoms with Crippen molar-refractivity contribution in [1.29, 1.82) is 0 Å². The molecule has 7 heteroatoms. The lowest BCUT2D eigenvalue weighted by molar-refractivity contribution is 0.271. The van der Waals surface area contributed by atoms with Crippen molar-refractivity contribution in [3.63, 3.8) is 0 Å². The number of H-pyrrole nitrogens is 1. The summed E-state index contributed by atoms with van der Waals surface area (Å²) in [6.45, 7) is 8.13. The Hall–Kier alpha value is -3.45. The van der Waals surface area contributed by atoms with Crippen LogP contribution in [0.4, 0.5) is 0 Å². The second-order valence-corrected chi connectivity index (χ2v) is 7.95. The number of hydrogen-bond acceptors (Lipinski definition) is 5. The smallest absolute Gasteiger partial charge is 0.164 e. The normalized spacial score (nSPS) is 11.2. The molecule has 31 heavy (non-hydrogen) atoms. The molecule has 0 atom stereocenters. The third-order valence-electron chi connectivity index (χ3n) is 4.76. The minimum Gasteiger partial charge on any atom is -0.493 e. The molecule has 2 heterocycles. The quantitative estimate of drug-likeness (QED) is 0.425. The maximum Gasteiger partial charge on any atom is 0.164 e. The van der Waals surface area contributed by atoms with Crippen LogP contribution in [-0.4, -0.2) is 31.6 Å². The predicted octanol–water partition coefficient (Wildman–Crippen LogP) is 4.29. The molecule has 0 unspecified atom stereocenters. The number of nitrogens with zero attached hydrogens (tertiary/aromatic N) is 4. The van der Waals surface area contributed by atoms with Gasteiger partial charge in [-0.05, 0) is 49.2 Å². The van der Waals surface area contributed by atoms with Gasteiger partial charge in [0.2, 0.25) is 0 Å². The fraction of sp³-hybridized carbons (Fsp3) is 0.292. The van der Waals surface area contributed by atoms with Crippen molar-refractivity contribution in [2.24, 2.45) is 5.92 Å². The Morgan fingerprint density at radius 3 is 2.48 bits per heavy atom. The zero-order valence-corrected chi connectivity index (χ0v) is 18.2. The van der Waals surface area contributed by atoms with Crippen molar-refractivity contribution >= 4 is 0 Å². The van der Waals surface area contributed by atoms with Crippen molar-refractivity contribution in [1.82, 2.24) is 30.3 Å². The van der Waals surface area contributed by atoms with E-state index in [4.69, 9.17) is 9.84 Å². The van der Waals surface area contributed by atoms with E-state index in [9.17, 15) is 0 Å². The maximum atomic E-state index is 5.82. The van der Waals surface area contributed by atoms with Crippen LogP contribution in [0.25, 0.3) is 16.9 Å². The number of hydrogen-bond donors (Lipinski definition) is 2. The summed E-state index contributed by atoms with van der Waals surface area (Å²) in [5.74, 6) is 2.93. The Balaban J connectivity index is 1.56. The summed E-state index contributed by atoms with van der Waals surface area (Å²) in [7, 11) is 0. The lowest BCUT2D eigenvalue weighted by atomic mass is 10.1. The van der Waals surface area contributed by atoms with E-state index in [0.29, 0.717) is 25.6 Å². The Bertz CT molecular complexity index is 1100. The van der Waals surface area contributed by atoms with Crippen LogP contribution in [0.2, 0.25) is 0 Å². The molecule has 0 bridgehead atoms. The van der Waals surface area contributed by atoms with E-state index < -0.39 is 0 Å².